The molecule has 0 radical (unpaired) electrons. The summed E-state index contributed by atoms with van der Waals surface area (Å²) in [5.41, 5.74) is 1.65. The van der Waals surface area contributed by atoms with Crippen LogP contribution < -0.4 is 4.98 Å². The second-order valence-corrected chi connectivity index (χ2v) is 2.83. The van der Waals surface area contributed by atoms with Gasteiger partial charge in [-0.1, -0.05) is 0 Å². The van der Waals surface area contributed by atoms with Crippen LogP contribution >= 0.6 is 0 Å². The summed E-state index contributed by atoms with van der Waals surface area (Å²) < 4.78 is 25.5. The quantitative estimate of drug-likeness (QED) is 0.606. The van der Waals surface area contributed by atoms with Crippen molar-refractivity contribution in [1.29, 1.82) is 0 Å². The normalized spacial score (nSPS) is 10.7. The van der Waals surface area contributed by atoms with Gasteiger partial charge in [-0.3, -0.25) is 0 Å². The molecule has 0 aliphatic rings. The predicted molar refractivity (Wildman–Crippen MR) is 43.0 cm³/mol. The molecule has 4 heteroatoms. The Morgan fingerprint density at radius 1 is 1.23 bits per heavy atom. The summed E-state index contributed by atoms with van der Waals surface area (Å²) in [5.74, 6) is -1.74. The summed E-state index contributed by atoms with van der Waals surface area (Å²) in [4.78, 5) is 6.86. The Morgan fingerprint density at radius 3 is 2.69 bits per heavy atom. The van der Waals surface area contributed by atoms with Gasteiger partial charge in [0.1, 0.15) is 11.2 Å². The van der Waals surface area contributed by atoms with Gasteiger partial charge in [0.2, 0.25) is 5.52 Å². The number of rotatable bonds is 0. The first kappa shape index (κ1) is 8.04. The molecule has 1 N–H and O–H groups in total. The lowest BCUT2D eigenvalue weighted by Crippen LogP contribution is -2.06. The Balaban J connectivity index is 2.81. The van der Waals surface area contributed by atoms with E-state index >= 15 is 0 Å². The average molecular weight is 181 g/mol. The number of nitrogens with one attached hydrogen (secondary N) is 1. The molecule has 0 unspecified atom stereocenters. The van der Waals surface area contributed by atoms with Gasteiger partial charge in [-0.15, -0.1) is 0 Å². The highest BCUT2D eigenvalue weighted by atomic mass is 19.2. The van der Waals surface area contributed by atoms with E-state index < -0.39 is 11.6 Å². The molecule has 1 aromatic heterocycles. The van der Waals surface area contributed by atoms with Crippen molar-refractivity contribution >= 4 is 11.0 Å². The topological polar surface area (TPSA) is 27.0 Å². The van der Waals surface area contributed by atoms with Crippen LogP contribution in [0.5, 0.6) is 0 Å². The first-order valence-electron chi connectivity index (χ1n) is 3.81. The minimum absolute atomic E-state index is 0.430. The van der Waals surface area contributed by atoms with Crippen LogP contribution in [-0.2, 0) is 0 Å². The third-order valence-corrected chi connectivity index (χ3v) is 1.77. The molecule has 2 rings (SSSR count). The molecule has 13 heavy (non-hydrogen) atoms. The molecule has 1 heterocycles. The van der Waals surface area contributed by atoms with E-state index in [2.05, 4.69) is 9.97 Å². The maximum Gasteiger partial charge on any atom is 0.232 e. The van der Waals surface area contributed by atoms with Crippen LogP contribution in [0.1, 0.15) is 5.69 Å². The minimum Gasteiger partial charge on any atom is -0.240 e. The van der Waals surface area contributed by atoms with Crippen LogP contribution in [0, 0.1) is 18.6 Å². The fourth-order valence-corrected chi connectivity index (χ4v) is 1.15. The van der Waals surface area contributed by atoms with Gasteiger partial charge in [-0.05, 0) is 6.92 Å². The molecule has 66 valence electrons. The number of aryl methyl sites for hydroxylation is 1. The summed E-state index contributed by atoms with van der Waals surface area (Å²) in [6.07, 6.45) is 1.64. The Kier molecular flexibility index (Phi) is 1.69. The maximum absolute atomic E-state index is 12.8. The van der Waals surface area contributed by atoms with Crippen molar-refractivity contribution in [3.05, 3.63) is 35.7 Å². The first-order chi connectivity index (χ1) is 6.16. The average Bonchev–Trinajstić information content (AvgIpc) is 2.08. The van der Waals surface area contributed by atoms with Crippen LogP contribution in [-0.4, -0.2) is 4.98 Å². The van der Waals surface area contributed by atoms with E-state index in [4.69, 9.17) is 0 Å². The van der Waals surface area contributed by atoms with E-state index in [-0.39, 0.29) is 0 Å². The largest absolute Gasteiger partial charge is 0.240 e. The zero-order valence-electron chi connectivity index (χ0n) is 6.94. The van der Waals surface area contributed by atoms with Crippen molar-refractivity contribution < 1.29 is 13.8 Å². The highest BCUT2D eigenvalue weighted by Crippen LogP contribution is 2.12. The van der Waals surface area contributed by atoms with Crippen molar-refractivity contribution in [1.82, 2.24) is 4.98 Å². The second-order valence-electron chi connectivity index (χ2n) is 2.83. The number of aromatic amines is 1. The number of nitrogens with zero attached hydrogens (tertiary/aromatic N) is 1. The lowest BCUT2D eigenvalue weighted by atomic mass is 10.3. The van der Waals surface area contributed by atoms with Gasteiger partial charge in [0.05, 0.1) is 6.07 Å². The van der Waals surface area contributed by atoms with E-state index in [0.29, 0.717) is 11.0 Å². The van der Waals surface area contributed by atoms with Crippen molar-refractivity contribution in [2.75, 3.05) is 0 Å². The Bertz CT molecular complexity index is 468. The van der Waals surface area contributed by atoms with Crippen molar-refractivity contribution in [2.24, 2.45) is 0 Å². The fraction of sp³-hybridized carbons (Fsp3) is 0.111. The third kappa shape index (κ3) is 1.35. The zero-order valence-corrected chi connectivity index (χ0v) is 6.94. The Morgan fingerprint density at radius 2 is 1.92 bits per heavy atom. The standard InChI is InChI=1S/C9H6F2N2/c1-5-4-12-8-2-6(10)7(11)3-9(8)13-5/h2-4H,1H3/p+1. The summed E-state index contributed by atoms with van der Waals surface area (Å²) in [7, 11) is 0. The number of benzene rings is 1. The molecule has 1 aromatic carbocycles. The molecule has 0 aliphatic carbocycles. The van der Waals surface area contributed by atoms with Gasteiger partial charge in [0.25, 0.3) is 0 Å². The molecule has 0 bridgehead atoms. The predicted octanol–water partition coefficient (Wildman–Crippen LogP) is 1.64. The lowest BCUT2D eigenvalue weighted by molar-refractivity contribution is -0.346. The molecule has 0 saturated carbocycles. The summed E-state index contributed by atoms with van der Waals surface area (Å²) in [6, 6.07) is 2.17. The van der Waals surface area contributed by atoms with Gasteiger partial charge in [-0.2, -0.15) is 0 Å². The fourth-order valence-electron chi connectivity index (χ4n) is 1.15. The van der Waals surface area contributed by atoms with Crippen LogP contribution in [0.25, 0.3) is 11.0 Å². The molecule has 0 fully saturated rings. The summed E-state index contributed by atoms with van der Waals surface area (Å²) >= 11 is 0. The monoisotopic (exact) mass is 181 g/mol. The number of hydrogen-bond donors (Lipinski definition) is 0. The first-order valence-corrected chi connectivity index (χ1v) is 3.81. The van der Waals surface area contributed by atoms with Crippen LogP contribution in [0.3, 0.4) is 0 Å². The Hall–Kier alpha value is -1.58. The number of halogens is 2. The SMILES string of the molecule is Cc1c[nH+]c2cc(F)c(F)cc2n1. The molecule has 2 nitrogen and oxygen atoms in total. The zero-order chi connectivity index (χ0) is 9.42. The number of aromatic nitrogens is 2. The molecule has 0 aliphatic heterocycles. The van der Waals surface area contributed by atoms with Crippen LogP contribution in [0.2, 0.25) is 0 Å². The minimum atomic E-state index is -0.876. The summed E-state index contributed by atoms with van der Waals surface area (Å²) in [6.45, 7) is 1.78. The molecular weight excluding hydrogens is 174 g/mol. The highest BCUT2D eigenvalue weighted by molar-refractivity contribution is 5.70. The van der Waals surface area contributed by atoms with Gasteiger partial charge in [-0.25, -0.2) is 18.7 Å². The van der Waals surface area contributed by atoms with E-state index in [0.717, 1.165) is 17.8 Å². The lowest BCUT2D eigenvalue weighted by Gasteiger charge is -1.94. The number of hydrogen-bond acceptors (Lipinski definition) is 1. The number of H-pyrrole nitrogens is 1. The van der Waals surface area contributed by atoms with Gasteiger partial charge in [0.15, 0.2) is 17.8 Å². The van der Waals surface area contributed by atoms with Crippen molar-refractivity contribution in [3.63, 3.8) is 0 Å². The third-order valence-electron chi connectivity index (χ3n) is 1.77. The molecule has 2 aromatic rings. The van der Waals surface area contributed by atoms with Crippen molar-refractivity contribution in [2.45, 2.75) is 6.92 Å². The van der Waals surface area contributed by atoms with Gasteiger partial charge < -0.3 is 0 Å². The van der Waals surface area contributed by atoms with Crippen LogP contribution in [0.4, 0.5) is 8.78 Å². The second kappa shape index (κ2) is 2.73. The van der Waals surface area contributed by atoms with E-state index in [1.807, 2.05) is 0 Å². The van der Waals surface area contributed by atoms with Gasteiger partial charge in [0, 0.05) is 6.07 Å². The smallest absolute Gasteiger partial charge is 0.232 e. The molecule has 0 amide bonds. The van der Waals surface area contributed by atoms with Gasteiger partial charge >= 0.3 is 0 Å². The molecule has 0 atom stereocenters. The molecular formula is C9H7F2N2+. The number of fused-ring (bicyclic) bond motifs is 1. The summed E-state index contributed by atoms with van der Waals surface area (Å²) in [5, 5.41) is 0. The maximum atomic E-state index is 12.8. The van der Waals surface area contributed by atoms with Crippen LogP contribution in [0.15, 0.2) is 18.3 Å². The Labute approximate surface area is 73.2 Å². The van der Waals surface area contributed by atoms with E-state index in [1.165, 1.54) is 0 Å². The molecule has 0 saturated heterocycles. The van der Waals surface area contributed by atoms with Crippen molar-refractivity contribution in [3.8, 4) is 0 Å². The van der Waals surface area contributed by atoms with E-state index in [1.54, 1.807) is 13.1 Å². The van der Waals surface area contributed by atoms with E-state index in [9.17, 15) is 8.78 Å². The molecule has 0 spiro atoms. The highest BCUT2D eigenvalue weighted by Gasteiger charge is 2.09.